The van der Waals surface area contributed by atoms with Gasteiger partial charge in [-0.3, -0.25) is 0 Å². The standard InChI is InChI=1S/C8H18N2O2S/c1-4-5-6-13(11,12)10(3)8(2)7-9/h4,8H,1,5-7,9H2,2-3H3/t8-/m1/s1. The average Bonchev–Trinajstić information content (AvgIpc) is 2.12. The summed E-state index contributed by atoms with van der Waals surface area (Å²) in [6.45, 7) is 5.60. The molecule has 5 heteroatoms. The minimum atomic E-state index is -3.15. The fourth-order valence-corrected chi connectivity index (χ4v) is 2.19. The van der Waals surface area contributed by atoms with Crippen LogP contribution in [0.3, 0.4) is 0 Å². The first kappa shape index (κ1) is 12.6. The van der Waals surface area contributed by atoms with Gasteiger partial charge in [-0.2, -0.15) is 0 Å². The maximum absolute atomic E-state index is 11.5. The normalized spacial score (nSPS) is 14.5. The van der Waals surface area contributed by atoms with E-state index in [0.29, 0.717) is 13.0 Å². The summed E-state index contributed by atoms with van der Waals surface area (Å²) < 4.78 is 24.3. The molecule has 0 aromatic heterocycles. The van der Waals surface area contributed by atoms with E-state index in [0.717, 1.165) is 0 Å². The fourth-order valence-electron chi connectivity index (χ4n) is 0.799. The van der Waals surface area contributed by atoms with Crippen molar-refractivity contribution in [2.24, 2.45) is 5.73 Å². The summed E-state index contributed by atoms with van der Waals surface area (Å²) in [5.41, 5.74) is 5.37. The van der Waals surface area contributed by atoms with Gasteiger partial charge in [-0.15, -0.1) is 6.58 Å². The van der Waals surface area contributed by atoms with Gasteiger partial charge in [0, 0.05) is 19.6 Å². The topological polar surface area (TPSA) is 63.4 Å². The predicted molar refractivity (Wildman–Crippen MR) is 54.9 cm³/mol. The zero-order valence-electron chi connectivity index (χ0n) is 8.23. The Hall–Kier alpha value is -0.390. The number of hydrogen-bond donors (Lipinski definition) is 1. The van der Waals surface area contributed by atoms with Gasteiger partial charge >= 0.3 is 0 Å². The highest BCUT2D eigenvalue weighted by atomic mass is 32.2. The molecule has 0 heterocycles. The lowest BCUT2D eigenvalue weighted by Gasteiger charge is -2.22. The number of allylic oxidation sites excluding steroid dienone is 1. The van der Waals surface area contributed by atoms with Crippen LogP contribution in [0.2, 0.25) is 0 Å². The predicted octanol–water partition coefficient (Wildman–Crippen LogP) is 0.171. The van der Waals surface area contributed by atoms with Crippen molar-refractivity contribution in [2.45, 2.75) is 19.4 Å². The average molecular weight is 206 g/mol. The van der Waals surface area contributed by atoms with Crippen LogP contribution in [0.4, 0.5) is 0 Å². The number of nitrogens with zero attached hydrogens (tertiary/aromatic N) is 1. The van der Waals surface area contributed by atoms with Crippen LogP contribution in [0.1, 0.15) is 13.3 Å². The molecule has 0 fully saturated rings. The highest BCUT2D eigenvalue weighted by molar-refractivity contribution is 7.89. The van der Waals surface area contributed by atoms with E-state index in [1.807, 2.05) is 0 Å². The van der Waals surface area contributed by atoms with E-state index in [1.165, 1.54) is 4.31 Å². The molecule has 0 amide bonds. The van der Waals surface area contributed by atoms with Gasteiger partial charge in [0.05, 0.1) is 5.75 Å². The Bertz CT molecular complexity index is 249. The van der Waals surface area contributed by atoms with Crippen molar-refractivity contribution >= 4 is 10.0 Å². The molecule has 0 saturated carbocycles. The molecule has 0 spiro atoms. The second-order valence-corrected chi connectivity index (χ2v) is 5.14. The van der Waals surface area contributed by atoms with Crippen LogP contribution in [-0.2, 0) is 10.0 Å². The Labute approximate surface area is 80.5 Å². The molecule has 0 unspecified atom stereocenters. The van der Waals surface area contributed by atoms with Gasteiger partial charge < -0.3 is 5.73 Å². The second kappa shape index (κ2) is 5.36. The molecule has 2 N–H and O–H groups in total. The molecule has 78 valence electrons. The zero-order valence-corrected chi connectivity index (χ0v) is 9.05. The second-order valence-electron chi connectivity index (χ2n) is 2.99. The molecule has 13 heavy (non-hydrogen) atoms. The van der Waals surface area contributed by atoms with Gasteiger partial charge in [-0.25, -0.2) is 12.7 Å². The van der Waals surface area contributed by atoms with Crippen molar-refractivity contribution in [2.75, 3.05) is 19.3 Å². The van der Waals surface area contributed by atoms with E-state index in [1.54, 1.807) is 20.0 Å². The molecule has 0 aliphatic heterocycles. The van der Waals surface area contributed by atoms with Crippen molar-refractivity contribution in [3.05, 3.63) is 12.7 Å². The van der Waals surface area contributed by atoms with E-state index in [9.17, 15) is 8.42 Å². The highest BCUT2D eigenvalue weighted by Crippen LogP contribution is 2.04. The van der Waals surface area contributed by atoms with Crippen LogP contribution in [0.5, 0.6) is 0 Å². The first-order valence-electron chi connectivity index (χ1n) is 4.22. The molecule has 0 radical (unpaired) electrons. The monoisotopic (exact) mass is 206 g/mol. The van der Waals surface area contributed by atoms with Crippen molar-refractivity contribution in [1.29, 1.82) is 0 Å². The number of sulfonamides is 1. The first-order valence-corrected chi connectivity index (χ1v) is 5.83. The van der Waals surface area contributed by atoms with E-state index in [4.69, 9.17) is 5.73 Å². The summed E-state index contributed by atoms with van der Waals surface area (Å²) in [5.74, 6) is 0.108. The third kappa shape index (κ3) is 3.89. The van der Waals surface area contributed by atoms with Crippen LogP contribution < -0.4 is 5.73 Å². The Morgan fingerprint density at radius 2 is 2.15 bits per heavy atom. The summed E-state index contributed by atoms with van der Waals surface area (Å²) in [6.07, 6.45) is 2.07. The maximum Gasteiger partial charge on any atom is 0.214 e. The third-order valence-electron chi connectivity index (χ3n) is 1.98. The summed E-state index contributed by atoms with van der Waals surface area (Å²) >= 11 is 0. The zero-order chi connectivity index (χ0) is 10.5. The highest BCUT2D eigenvalue weighted by Gasteiger charge is 2.20. The van der Waals surface area contributed by atoms with Crippen LogP contribution >= 0.6 is 0 Å². The SMILES string of the molecule is C=CCCS(=O)(=O)N(C)[C@H](C)CN. The summed E-state index contributed by atoms with van der Waals surface area (Å²) in [5, 5.41) is 0. The Morgan fingerprint density at radius 3 is 2.54 bits per heavy atom. The summed E-state index contributed by atoms with van der Waals surface area (Å²) in [6, 6.07) is -0.144. The number of likely N-dealkylation sites (N-methyl/N-ethyl adjacent to an activating group) is 1. The van der Waals surface area contributed by atoms with Crippen molar-refractivity contribution < 1.29 is 8.42 Å². The molecule has 0 saturated heterocycles. The van der Waals surface area contributed by atoms with Crippen LogP contribution in [0.25, 0.3) is 0 Å². The lowest BCUT2D eigenvalue weighted by atomic mass is 10.4. The van der Waals surface area contributed by atoms with Gasteiger partial charge in [0.15, 0.2) is 0 Å². The maximum atomic E-state index is 11.5. The van der Waals surface area contributed by atoms with Crippen molar-refractivity contribution in [3.63, 3.8) is 0 Å². The smallest absolute Gasteiger partial charge is 0.214 e. The van der Waals surface area contributed by atoms with Crippen LogP contribution in [-0.4, -0.2) is 38.1 Å². The third-order valence-corrected chi connectivity index (χ3v) is 3.97. The van der Waals surface area contributed by atoms with Crippen LogP contribution in [0, 0.1) is 0 Å². The molecule has 0 rings (SSSR count). The van der Waals surface area contributed by atoms with Crippen LogP contribution in [0.15, 0.2) is 12.7 Å². The van der Waals surface area contributed by atoms with Crippen molar-refractivity contribution in [1.82, 2.24) is 4.31 Å². The van der Waals surface area contributed by atoms with E-state index in [-0.39, 0.29) is 11.8 Å². The molecular formula is C8H18N2O2S. The Kier molecular flexibility index (Phi) is 5.20. The molecule has 0 aromatic carbocycles. The first-order chi connectivity index (χ1) is 5.95. The molecule has 0 aromatic rings. The molecule has 4 nitrogen and oxygen atoms in total. The van der Waals surface area contributed by atoms with E-state index < -0.39 is 10.0 Å². The minimum absolute atomic E-state index is 0.108. The van der Waals surface area contributed by atoms with Gasteiger partial charge in [0.1, 0.15) is 0 Å². The number of nitrogens with two attached hydrogens (primary N) is 1. The quantitative estimate of drug-likeness (QED) is 0.630. The largest absolute Gasteiger partial charge is 0.329 e. The Balaban J connectivity index is 4.35. The molecule has 0 aliphatic carbocycles. The number of rotatable bonds is 6. The molecule has 1 atom stereocenters. The van der Waals surface area contributed by atoms with Gasteiger partial charge in [-0.05, 0) is 13.3 Å². The van der Waals surface area contributed by atoms with Gasteiger partial charge in [0.25, 0.3) is 0 Å². The van der Waals surface area contributed by atoms with Gasteiger partial charge in [-0.1, -0.05) is 6.08 Å². The lowest BCUT2D eigenvalue weighted by molar-refractivity contribution is 0.394. The summed E-state index contributed by atoms with van der Waals surface area (Å²) in [7, 11) is -1.60. The summed E-state index contributed by atoms with van der Waals surface area (Å²) in [4.78, 5) is 0. The lowest BCUT2D eigenvalue weighted by Crippen LogP contribution is -2.40. The van der Waals surface area contributed by atoms with Crippen molar-refractivity contribution in [3.8, 4) is 0 Å². The molecular weight excluding hydrogens is 188 g/mol. The van der Waals surface area contributed by atoms with E-state index >= 15 is 0 Å². The van der Waals surface area contributed by atoms with E-state index in [2.05, 4.69) is 6.58 Å². The van der Waals surface area contributed by atoms with Gasteiger partial charge in [0.2, 0.25) is 10.0 Å². The molecule has 0 aliphatic rings. The Morgan fingerprint density at radius 1 is 1.62 bits per heavy atom. The number of hydrogen-bond acceptors (Lipinski definition) is 3. The molecule has 0 bridgehead atoms. The fraction of sp³-hybridized carbons (Fsp3) is 0.750. The minimum Gasteiger partial charge on any atom is -0.329 e.